The summed E-state index contributed by atoms with van der Waals surface area (Å²) >= 11 is 2.00. The van der Waals surface area contributed by atoms with E-state index in [0.29, 0.717) is 17.5 Å². The van der Waals surface area contributed by atoms with Crippen molar-refractivity contribution in [2.24, 2.45) is 0 Å². The molecule has 1 aliphatic carbocycles. The summed E-state index contributed by atoms with van der Waals surface area (Å²) in [6, 6.07) is 58.0. The maximum absolute atomic E-state index is 5.07. The van der Waals surface area contributed by atoms with Gasteiger partial charge in [0.1, 0.15) is 0 Å². The van der Waals surface area contributed by atoms with Crippen LogP contribution in [-0.2, 0) is 0 Å². The fourth-order valence-corrected chi connectivity index (χ4v) is 9.86. The third-order valence-electron chi connectivity index (χ3n) is 10.8. The molecule has 11 rings (SSSR count). The number of hydrogen-bond acceptors (Lipinski definition) is 4. The van der Waals surface area contributed by atoms with E-state index < -0.39 is 0 Å². The monoisotopic (exact) mass is 708 g/mol. The van der Waals surface area contributed by atoms with E-state index >= 15 is 0 Å². The van der Waals surface area contributed by atoms with Gasteiger partial charge >= 0.3 is 0 Å². The van der Waals surface area contributed by atoms with Crippen LogP contribution in [0.1, 0.15) is 17.0 Å². The fraction of sp³-hybridized carbons (Fsp3) is 0.0408. The molecule has 2 unspecified atom stereocenters. The summed E-state index contributed by atoms with van der Waals surface area (Å²) in [4.78, 5) is 16.4. The molecule has 2 aliphatic rings. The summed E-state index contributed by atoms with van der Waals surface area (Å²) in [5.41, 5.74) is 10.4. The Morgan fingerprint density at radius 3 is 1.93 bits per heavy atom. The second kappa shape index (κ2) is 12.5. The van der Waals surface area contributed by atoms with E-state index in [-0.39, 0.29) is 11.2 Å². The molecule has 0 fully saturated rings. The van der Waals surface area contributed by atoms with Gasteiger partial charge in [-0.2, -0.15) is 0 Å². The molecule has 0 bridgehead atoms. The first kappa shape index (κ1) is 31.0. The second-order valence-electron chi connectivity index (χ2n) is 13.9. The van der Waals surface area contributed by atoms with Crippen molar-refractivity contribution in [3.05, 3.63) is 193 Å². The number of allylic oxidation sites excluding steroid dienone is 3. The molecule has 0 N–H and O–H groups in total. The van der Waals surface area contributed by atoms with E-state index in [1.807, 2.05) is 72.4 Å². The second-order valence-corrected chi connectivity index (χ2v) is 15.1. The lowest BCUT2D eigenvalue weighted by Gasteiger charge is -2.26. The molecule has 0 saturated carbocycles. The lowest BCUT2D eigenvalue weighted by molar-refractivity contribution is 0.894. The van der Waals surface area contributed by atoms with Crippen LogP contribution in [0.2, 0.25) is 0 Å². The number of aromatic nitrogens is 4. The van der Waals surface area contributed by atoms with Crippen molar-refractivity contribution in [1.82, 2.24) is 19.5 Å². The molecule has 3 heterocycles. The van der Waals surface area contributed by atoms with E-state index in [1.54, 1.807) is 0 Å². The summed E-state index contributed by atoms with van der Waals surface area (Å²) in [5.74, 6) is 2.13. The Morgan fingerprint density at radius 1 is 0.519 bits per heavy atom. The van der Waals surface area contributed by atoms with Crippen LogP contribution < -0.4 is 0 Å². The molecule has 0 radical (unpaired) electrons. The van der Waals surface area contributed by atoms with Crippen molar-refractivity contribution in [2.75, 3.05) is 0 Å². The van der Waals surface area contributed by atoms with Crippen LogP contribution in [0.25, 0.3) is 78.0 Å². The first-order valence-electron chi connectivity index (χ1n) is 18.4. The highest BCUT2D eigenvalue weighted by Crippen LogP contribution is 2.55. The third-order valence-corrected chi connectivity index (χ3v) is 12.2. The van der Waals surface area contributed by atoms with Crippen molar-refractivity contribution in [3.8, 4) is 39.9 Å². The van der Waals surface area contributed by atoms with Crippen LogP contribution in [-0.4, -0.2) is 24.8 Å². The van der Waals surface area contributed by atoms with Gasteiger partial charge in [0.05, 0.1) is 11.0 Å². The predicted molar refractivity (Wildman–Crippen MR) is 224 cm³/mol. The van der Waals surface area contributed by atoms with Gasteiger partial charge in [0.2, 0.25) is 0 Å². The average molecular weight is 709 g/mol. The number of fused-ring (bicyclic) bond motifs is 8. The first-order chi connectivity index (χ1) is 26.8. The van der Waals surface area contributed by atoms with Crippen LogP contribution in [0, 0.1) is 0 Å². The lowest BCUT2D eigenvalue weighted by Crippen LogP contribution is -2.15. The summed E-state index contributed by atoms with van der Waals surface area (Å²) in [6.45, 7) is 0. The van der Waals surface area contributed by atoms with Gasteiger partial charge in [-0.05, 0) is 46.2 Å². The molecule has 0 saturated heterocycles. The molecule has 4 nitrogen and oxygen atoms in total. The van der Waals surface area contributed by atoms with Crippen LogP contribution in [0.4, 0.5) is 0 Å². The fourth-order valence-electron chi connectivity index (χ4n) is 8.39. The zero-order valence-electron chi connectivity index (χ0n) is 29.2. The number of benzene rings is 7. The quantitative estimate of drug-likeness (QED) is 0.179. The Balaban J connectivity index is 1.08. The van der Waals surface area contributed by atoms with Gasteiger partial charge in [-0.25, -0.2) is 15.0 Å². The summed E-state index contributed by atoms with van der Waals surface area (Å²) in [6.07, 6.45) is 7.02. The number of thioether (sulfide) groups is 1. The molecule has 54 heavy (non-hydrogen) atoms. The molecule has 0 amide bonds. The van der Waals surface area contributed by atoms with Crippen molar-refractivity contribution in [3.63, 3.8) is 0 Å². The highest BCUT2D eigenvalue weighted by molar-refractivity contribution is 8.01. The maximum Gasteiger partial charge on any atom is 0.164 e. The Bertz CT molecular complexity index is 2920. The van der Waals surface area contributed by atoms with Crippen LogP contribution >= 0.6 is 11.8 Å². The SMILES string of the molecule is C1=CC(c2cccc3c4ccccc4n(-c4cccc(-c5nc(-c6ccccc6)nc(-c6ccccc6)n5)c4)c23)C2Sc3ccc4ccccc4c3C2=C1. The molecule has 0 spiro atoms. The predicted octanol–water partition coefficient (Wildman–Crippen LogP) is 12.3. The summed E-state index contributed by atoms with van der Waals surface area (Å²) in [5, 5.41) is 5.39. The van der Waals surface area contributed by atoms with Gasteiger partial charge in [-0.3, -0.25) is 0 Å². The largest absolute Gasteiger partial charge is 0.309 e. The van der Waals surface area contributed by atoms with E-state index in [4.69, 9.17) is 15.0 Å². The zero-order chi connectivity index (χ0) is 35.6. The molecule has 9 aromatic rings. The summed E-state index contributed by atoms with van der Waals surface area (Å²) in [7, 11) is 0. The summed E-state index contributed by atoms with van der Waals surface area (Å²) < 4.78 is 2.45. The molecule has 2 aromatic heterocycles. The molecule has 5 heteroatoms. The Kier molecular flexibility index (Phi) is 7.20. The van der Waals surface area contributed by atoms with Gasteiger partial charge < -0.3 is 4.57 Å². The molecule has 2 atom stereocenters. The van der Waals surface area contributed by atoms with E-state index in [2.05, 4.69) is 126 Å². The maximum atomic E-state index is 5.07. The zero-order valence-corrected chi connectivity index (χ0v) is 30.0. The number of hydrogen-bond donors (Lipinski definition) is 0. The standard InChI is InChI=1S/C49H32N4S/c1-3-15-32(16-4-1)47-50-48(33-17-5-2-6-18-33)52-49(51-47)34-19-11-20-35(30-34)53-42-27-10-9-22-37(42)38-23-12-24-39(45(38)53)40-25-13-26-41-44-36-21-8-7-14-31(36)28-29-43(44)54-46(40)41/h1-30,40,46H. The molecule has 1 aliphatic heterocycles. The highest BCUT2D eigenvalue weighted by atomic mass is 32.2. The number of nitrogens with zero attached hydrogens (tertiary/aromatic N) is 4. The van der Waals surface area contributed by atoms with Gasteiger partial charge in [-0.15, -0.1) is 11.8 Å². The van der Waals surface area contributed by atoms with E-state index in [0.717, 1.165) is 22.4 Å². The van der Waals surface area contributed by atoms with Crippen molar-refractivity contribution < 1.29 is 0 Å². The van der Waals surface area contributed by atoms with Crippen molar-refractivity contribution >= 4 is 49.9 Å². The average Bonchev–Trinajstić information content (AvgIpc) is 3.81. The van der Waals surface area contributed by atoms with Crippen LogP contribution in [0.5, 0.6) is 0 Å². The Morgan fingerprint density at radius 2 is 1.15 bits per heavy atom. The van der Waals surface area contributed by atoms with E-state index in [1.165, 1.54) is 54.2 Å². The first-order valence-corrected chi connectivity index (χ1v) is 19.2. The normalized spacial score (nSPS) is 16.1. The van der Waals surface area contributed by atoms with Crippen LogP contribution in [0.15, 0.2) is 187 Å². The number of rotatable bonds is 5. The highest BCUT2D eigenvalue weighted by Gasteiger charge is 2.37. The number of para-hydroxylation sites is 2. The molecule has 254 valence electrons. The minimum atomic E-state index is 0.182. The molecular weight excluding hydrogens is 677 g/mol. The Hall–Kier alpha value is -6.56. The van der Waals surface area contributed by atoms with Gasteiger partial charge in [-0.1, -0.05) is 158 Å². The topological polar surface area (TPSA) is 43.6 Å². The smallest absolute Gasteiger partial charge is 0.164 e. The minimum absolute atomic E-state index is 0.182. The van der Waals surface area contributed by atoms with Gasteiger partial charge in [0.15, 0.2) is 17.5 Å². The van der Waals surface area contributed by atoms with Gasteiger partial charge in [0, 0.05) is 54.8 Å². The third kappa shape index (κ3) is 4.97. The molecular formula is C49H32N4S. The van der Waals surface area contributed by atoms with Crippen molar-refractivity contribution in [1.29, 1.82) is 0 Å². The molecule has 7 aromatic carbocycles. The van der Waals surface area contributed by atoms with E-state index in [9.17, 15) is 0 Å². The van der Waals surface area contributed by atoms with Crippen molar-refractivity contribution in [2.45, 2.75) is 16.1 Å². The lowest BCUT2D eigenvalue weighted by atomic mass is 9.83. The minimum Gasteiger partial charge on any atom is -0.309 e. The Labute approximate surface area is 317 Å². The van der Waals surface area contributed by atoms with Crippen LogP contribution in [0.3, 0.4) is 0 Å². The van der Waals surface area contributed by atoms with Gasteiger partial charge in [0.25, 0.3) is 0 Å².